The molecule has 1 aromatic carbocycles. The molecule has 0 unspecified atom stereocenters. The molecule has 0 radical (unpaired) electrons. The maximum atomic E-state index is 9.07. The summed E-state index contributed by atoms with van der Waals surface area (Å²) in [6, 6.07) is 13.8. The van der Waals surface area contributed by atoms with E-state index >= 15 is 0 Å². The molecule has 4 heteroatoms. The van der Waals surface area contributed by atoms with Crippen molar-refractivity contribution in [1.29, 1.82) is 0 Å². The molecular weight excluding hydrogens is 240 g/mol. The molecule has 2 aromatic heterocycles. The molecular formula is C15H14N2O2. The highest BCUT2D eigenvalue weighted by molar-refractivity contribution is 5.77. The van der Waals surface area contributed by atoms with E-state index in [-0.39, 0.29) is 6.61 Å². The Balaban J connectivity index is 1.78. The van der Waals surface area contributed by atoms with Crippen molar-refractivity contribution < 1.29 is 9.84 Å². The summed E-state index contributed by atoms with van der Waals surface area (Å²) in [7, 11) is 0. The molecule has 4 nitrogen and oxygen atoms in total. The average Bonchev–Trinajstić information content (AvgIpc) is 2.88. The summed E-state index contributed by atoms with van der Waals surface area (Å²) in [6.45, 7) is 0.502. The number of H-pyrrole nitrogens is 1. The maximum Gasteiger partial charge on any atom is 0.138 e. The number of benzene rings is 1. The van der Waals surface area contributed by atoms with E-state index in [0.717, 1.165) is 28.0 Å². The van der Waals surface area contributed by atoms with Crippen LogP contribution in [0.2, 0.25) is 0 Å². The molecule has 0 saturated heterocycles. The summed E-state index contributed by atoms with van der Waals surface area (Å²) in [5.41, 5.74) is 2.63. The van der Waals surface area contributed by atoms with Gasteiger partial charge in [0, 0.05) is 11.1 Å². The van der Waals surface area contributed by atoms with Gasteiger partial charge >= 0.3 is 0 Å². The molecule has 0 bridgehead atoms. The highest BCUT2D eigenvalue weighted by Crippen LogP contribution is 2.20. The molecule has 0 aliphatic carbocycles. The molecule has 0 saturated carbocycles. The zero-order valence-electron chi connectivity index (χ0n) is 10.3. The van der Waals surface area contributed by atoms with Gasteiger partial charge in [0.25, 0.3) is 0 Å². The third kappa shape index (κ3) is 2.58. The molecule has 0 aliphatic rings. The molecule has 0 aliphatic heterocycles. The first-order valence-corrected chi connectivity index (χ1v) is 6.10. The first-order valence-electron chi connectivity index (χ1n) is 6.10. The molecule has 96 valence electrons. The number of rotatable bonds is 4. The Bertz CT molecular complexity index is 677. The van der Waals surface area contributed by atoms with E-state index in [1.54, 1.807) is 6.20 Å². The Morgan fingerprint density at radius 3 is 2.79 bits per heavy atom. The van der Waals surface area contributed by atoms with Crippen molar-refractivity contribution in [2.24, 2.45) is 0 Å². The lowest BCUT2D eigenvalue weighted by molar-refractivity contribution is 0.278. The van der Waals surface area contributed by atoms with Crippen LogP contribution in [0.1, 0.15) is 11.3 Å². The Morgan fingerprint density at radius 1 is 1.16 bits per heavy atom. The second-order valence-corrected chi connectivity index (χ2v) is 4.34. The third-order valence-corrected chi connectivity index (χ3v) is 2.92. The molecule has 2 heterocycles. The predicted molar refractivity (Wildman–Crippen MR) is 72.8 cm³/mol. The van der Waals surface area contributed by atoms with Crippen LogP contribution in [0.4, 0.5) is 0 Å². The van der Waals surface area contributed by atoms with Gasteiger partial charge in [0.1, 0.15) is 18.0 Å². The van der Waals surface area contributed by atoms with Crippen molar-refractivity contribution in [1.82, 2.24) is 9.97 Å². The zero-order chi connectivity index (χ0) is 13.1. The quantitative estimate of drug-likeness (QED) is 0.752. The van der Waals surface area contributed by atoms with E-state index in [1.165, 1.54) is 0 Å². The maximum absolute atomic E-state index is 9.07. The van der Waals surface area contributed by atoms with Crippen molar-refractivity contribution in [3.05, 3.63) is 59.9 Å². The minimum absolute atomic E-state index is 0.0173. The summed E-state index contributed by atoms with van der Waals surface area (Å²) in [5, 5.41) is 10.0. The number of ether oxygens (including phenoxy) is 1. The second-order valence-electron chi connectivity index (χ2n) is 4.34. The Morgan fingerprint density at radius 2 is 2.00 bits per heavy atom. The Kier molecular flexibility index (Phi) is 3.16. The standard InChI is InChI=1S/C15H14N2O2/c18-9-13-6-12-7-14(8-16-15(12)17-13)19-10-11-4-2-1-3-5-11/h1-8,18H,9-10H2,(H,16,17). The van der Waals surface area contributed by atoms with Crippen LogP contribution in [0.3, 0.4) is 0 Å². The van der Waals surface area contributed by atoms with Gasteiger partial charge in [-0.3, -0.25) is 0 Å². The van der Waals surface area contributed by atoms with Crippen LogP contribution in [0.25, 0.3) is 11.0 Å². The van der Waals surface area contributed by atoms with Crippen molar-refractivity contribution in [2.75, 3.05) is 0 Å². The molecule has 0 spiro atoms. The van der Waals surface area contributed by atoms with Gasteiger partial charge in [-0.15, -0.1) is 0 Å². The summed E-state index contributed by atoms with van der Waals surface area (Å²) >= 11 is 0. The van der Waals surface area contributed by atoms with E-state index in [4.69, 9.17) is 9.84 Å². The first-order chi connectivity index (χ1) is 9.35. The van der Waals surface area contributed by atoms with E-state index in [1.807, 2.05) is 42.5 Å². The molecule has 0 atom stereocenters. The number of aliphatic hydroxyl groups excluding tert-OH is 1. The minimum Gasteiger partial charge on any atom is -0.487 e. The fraction of sp³-hybridized carbons (Fsp3) is 0.133. The van der Waals surface area contributed by atoms with Crippen LogP contribution in [0.15, 0.2) is 48.7 Å². The molecule has 0 amide bonds. The average molecular weight is 254 g/mol. The van der Waals surface area contributed by atoms with Crippen LogP contribution in [0.5, 0.6) is 5.75 Å². The molecule has 3 aromatic rings. The van der Waals surface area contributed by atoms with Crippen LogP contribution >= 0.6 is 0 Å². The summed E-state index contributed by atoms with van der Waals surface area (Å²) in [5.74, 6) is 0.722. The molecule has 0 fully saturated rings. The number of hydrogen-bond donors (Lipinski definition) is 2. The van der Waals surface area contributed by atoms with Crippen molar-refractivity contribution in [2.45, 2.75) is 13.2 Å². The molecule has 3 rings (SSSR count). The normalized spacial score (nSPS) is 10.8. The first kappa shape index (κ1) is 11.7. The fourth-order valence-corrected chi connectivity index (χ4v) is 1.96. The van der Waals surface area contributed by atoms with Crippen LogP contribution in [-0.4, -0.2) is 15.1 Å². The summed E-state index contributed by atoms with van der Waals surface area (Å²) < 4.78 is 5.70. The predicted octanol–water partition coefficient (Wildman–Crippen LogP) is 2.63. The molecule has 19 heavy (non-hydrogen) atoms. The third-order valence-electron chi connectivity index (χ3n) is 2.92. The summed E-state index contributed by atoms with van der Waals surface area (Å²) in [6.07, 6.45) is 1.68. The van der Waals surface area contributed by atoms with Gasteiger partial charge in [-0.25, -0.2) is 4.98 Å². The Hall–Kier alpha value is -2.33. The lowest BCUT2D eigenvalue weighted by Crippen LogP contribution is -1.95. The van der Waals surface area contributed by atoms with Crippen LogP contribution in [0, 0.1) is 0 Å². The van der Waals surface area contributed by atoms with Gasteiger partial charge in [-0.2, -0.15) is 0 Å². The van der Waals surface area contributed by atoms with Crippen molar-refractivity contribution in [3.63, 3.8) is 0 Å². The van der Waals surface area contributed by atoms with Crippen molar-refractivity contribution in [3.8, 4) is 5.75 Å². The van der Waals surface area contributed by atoms with E-state index in [0.29, 0.717) is 6.61 Å². The van der Waals surface area contributed by atoms with E-state index < -0.39 is 0 Å². The highest BCUT2D eigenvalue weighted by Gasteiger charge is 2.03. The summed E-state index contributed by atoms with van der Waals surface area (Å²) in [4.78, 5) is 7.30. The zero-order valence-corrected chi connectivity index (χ0v) is 10.3. The van der Waals surface area contributed by atoms with Gasteiger partial charge in [0.05, 0.1) is 12.8 Å². The van der Waals surface area contributed by atoms with Crippen molar-refractivity contribution >= 4 is 11.0 Å². The van der Waals surface area contributed by atoms with Gasteiger partial charge in [0.2, 0.25) is 0 Å². The van der Waals surface area contributed by atoms with Gasteiger partial charge in [0.15, 0.2) is 0 Å². The fourth-order valence-electron chi connectivity index (χ4n) is 1.96. The number of pyridine rings is 1. The highest BCUT2D eigenvalue weighted by atomic mass is 16.5. The van der Waals surface area contributed by atoms with Crippen LogP contribution in [-0.2, 0) is 13.2 Å². The number of hydrogen-bond acceptors (Lipinski definition) is 3. The van der Waals surface area contributed by atoms with E-state index in [9.17, 15) is 0 Å². The number of aromatic nitrogens is 2. The molecule has 2 N–H and O–H groups in total. The Labute approximate surface area is 110 Å². The monoisotopic (exact) mass is 254 g/mol. The van der Waals surface area contributed by atoms with E-state index in [2.05, 4.69) is 9.97 Å². The van der Waals surface area contributed by atoms with Crippen LogP contribution < -0.4 is 4.74 Å². The second kappa shape index (κ2) is 5.12. The number of fused-ring (bicyclic) bond motifs is 1. The smallest absolute Gasteiger partial charge is 0.138 e. The van der Waals surface area contributed by atoms with Gasteiger partial charge in [-0.05, 0) is 17.7 Å². The lowest BCUT2D eigenvalue weighted by atomic mass is 10.2. The van der Waals surface area contributed by atoms with Gasteiger partial charge < -0.3 is 14.8 Å². The largest absolute Gasteiger partial charge is 0.487 e. The number of nitrogens with one attached hydrogen (secondary N) is 1. The lowest BCUT2D eigenvalue weighted by Gasteiger charge is -2.05. The number of aliphatic hydroxyl groups is 1. The topological polar surface area (TPSA) is 58.1 Å². The number of aromatic amines is 1. The SMILES string of the molecule is OCc1cc2cc(OCc3ccccc3)cnc2[nH]1. The minimum atomic E-state index is -0.0173. The van der Waals surface area contributed by atoms with Gasteiger partial charge in [-0.1, -0.05) is 30.3 Å². The number of nitrogens with zero attached hydrogens (tertiary/aromatic N) is 1.